The highest BCUT2D eigenvalue weighted by Gasteiger charge is 2.35. The van der Waals surface area contributed by atoms with Crippen LogP contribution in [0.5, 0.6) is 0 Å². The summed E-state index contributed by atoms with van der Waals surface area (Å²) in [4.78, 5) is 21.4. The van der Waals surface area contributed by atoms with Gasteiger partial charge >= 0.3 is 0 Å². The number of allylic oxidation sites excluding steroid dienone is 26. The molecule has 7 unspecified atom stereocenters. The summed E-state index contributed by atoms with van der Waals surface area (Å²) >= 11 is 0. The molecule has 2 heterocycles. The molecule has 300 valence electrons. The van der Waals surface area contributed by atoms with E-state index in [9.17, 15) is 0 Å². The Bertz CT molecular complexity index is 2440. The zero-order valence-electron chi connectivity index (χ0n) is 34.7. The lowest BCUT2D eigenvalue weighted by Gasteiger charge is -2.36. The van der Waals surface area contributed by atoms with Crippen LogP contribution in [0.2, 0.25) is 0 Å². The molecule has 60 heavy (non-hydrogen) atoms. The molecule has 7 aliphatic carbocycles. The van der Waals surface area contributed by atoms with E-state index in [0.717, 1.165) is 93.7 Å². The summed E-state index contributed by atoms with van der Waals surface area (Å²) < 4.78 is 0. The van der Waals surface area contributed by atoms with Crippen LogP contribution in [0.25, 0.3) is 17.0 Å². The molecule has 1 aliphatic heterocycles. The van der Waals surface area contributed by atoms with E-state index < -0.39 is 0 Å². The summed E-state index contributed by atoms with van der Waals surface area (Å²) in [5.74, 6) is 4.90. The van der Waals surface area contributed by atoms with Gasteiger partial charge in [0.25, 0.3) is 0 Å². The van der Waals surface area contributed by atoms with E-state index in [1.54, 1.807) is 0 Å². The molecule has 0 saturated carbocycles. The standard InChI is InChI=1S/C56H56N4/c1-5-15-39(16-6-1)41-27-31-45(32-28-41)54-58-55(46-33-29-42(30-34-46)40-17-7-2-8-18-40)60-56(59-54)50-26-14-24-48(38-50)47-23-13-25-49(37-47)51-35-36-52(43-19-9-3-10-20-43)57-53(51)44-21-11-4-12-22-44/h1-2,4-7,9,11-15,17,19-21,23-25,27-31,33-34,36,39,44-45,48-51H,3,8,10,16,18,22,26,32,35,37-38H2. The Balaban J connectivity index is 0.899. The van der Waals surface area contributed by atoms with Crippen LogP contribution in [0.3, 0.4) is 0 Å². The molecule has 0 N–H and O–H groups in total. The van der Waals surface area contributed by atoms with E-state index in [-0.39, 0.29) is 11.8 Å². The van der Waals surface area contributed by atoms with Crippen LogP contribution in [-0.2, 0) is 0 Å². The minimum absolute atomic E-state index is 0.124. The molecule has 4 nitrogen and oxygen atoms in total. The van der Waals surface area contributed by atoms with Gasteiger partial charge in [-0.3, -0.25) is 4.99 Å². The van der Waals surface area contributed by atoms with Crippen LogP contribution in [0.15, 0.2) is 191 Å². The lowest BCUT2D eigenvalue weighted by Crippen LogP contribution is -2.32. The van der Waals surface area contributed by atoms with Gasteiger partial charge in [0.05, 0.1) is 5.70 Å². The van der Waals surface area contributed by atoms with Crippen molar-refractivity contribution < 1.29 is 0 Å². The van der Waals surface area contributed by atoms with Crippen LogP contribution in [-0.4, -0.2) is 20.7 Å². The monoisotopic (exact) mass is 784 g/mol. The summed E-state index contributed by atoms with van der Waals surface area (Å²) in [5, 5.41) is 0. The molecule has 2 aromatic rings. The van der Waals surface area contributed by atoms with Crippen LogP contribution >= 0.6 is 0 Å². The van der Waals surface area contributed by atoms with Gasteiger partial charge in [-0.15, -0.1) is 0 Å². The second kappa shape index (κ2) is 17.9. The molecule has 0 radical (unpaired) electrons. The van der Waals surface area contributed by atoms with Gasteiger partial charge in [0.2, 0.25) is 0 Å². The SMILES string of the molecule is C1=CCCC(c2ccc(-c3nc(C4C=CC(C5C=CC=CC5)=CC4)nc(C4CC=CC(C5=CC=CC(C6CC=C(C7=CCCC=C7)N=C6C6C=CC=CC6)C5)C4)n3)cc2)=C1. The van der Waals surface area contributed by atoms with E-state index in [2.05, 4.69) is 164 Å². The summed E-state index contributed by atoms with van der Waals surface area (Å²) in [7, 11) is 0. The van der Waals surface area contributed by atoms with Crippen molar-refractivity contribution in [3.05, 3.63) is 204 Å². The van der Waals surface area contributed by atoms with Gasteiger partial charge in [0.15, 0.2) is 5.82 Å². The smallest absolute Gasteiger partial charge is 0.163 e. The third kappa shape index (κ3) is 8.48. The maximum absolute atomic E-state index is 5.48. The molecule has 0 bridgehead atoms. The molecule has 1 aromatic carbocycles. The van der Waals surface area contributed by atoms with Crippen molar-refractivity contribution in [3.8, 4) is 11.4 Å². The van der Waals surface area contributed by atoms with Gasteiger partial charge in [-0.05, 0) is 105 Å². The fourth-order valence-corrected chi connectivity index (χ4v) is 10.3. The second-order valence-corrected chi connectivity index (χ2v) is 17.6. The molecule has 0 saturated heterocycles. The Morgan fingerprint density at radius 2 is 1.38 bits per heavy atom. The first-order valence-corrected chi connectivity index (χ1v) is 22.7. The highest BCUT2D eigenvalue weighted by Crippen LogP contribution is 2.43. The fourth-order valence-electron chi connectivity index (χ4n) is 10.3. The minimum Gasteiger partial charge on any atom is -0.257 e. The summed E-state index contributed by atoms with van der Waals surface area (Å²) in [6.07, 6.45) is 64.5. The number of hydrogen-bond acceptors (Lipinski definition) is 4. The molecule has 4 heteroatoms. The number of aliphatic imine (C=N–C) groups is 1. The van der Waals surface area contributed by atoms with E-state index in [0.29, 0.717) is 29.6 Å². The molecule has 8 aliphatic rings. The van der Waals surface area contributed by atoms with Crippen LogP contribution < -0.4 is 0 Å². The molecule has 0 fully saturated rings. The van der Waals surface area contributed by atoms with Crippen molar-refractivity contribution in [3.63, 3.8) is 0 Å². The van der Waals surface area contributed by atoms with Crippen LogP contribution in [0, 0.1) is 29.6 Å². The summed E-state index contributed by atoms with van der Waals surface area (Å²) in [5.41, 5.74) is 10.4. The average molecular weight is 785 g/mol. The third-order valence-corrected chi connectivity index (χ3v) is 13.7. The van der Waals surface area contributed by atoms with Gasteiger partial charge in [-0.25, -0.2) is 15.0 Å². The van der Waals surface area contributed by atoms with Gasteiger partial charge in [0, 0.05) is 40.9 Å². The highest BCUT2D eigenvalue weighted by atomic mass is 15.0. The van der Waals surface area contributed by atoms with Crippen molar-refractivity contribution >= 4 is 11.3 Å². The molecule has 7 atom stereocenters. The van der Waals surface area contributed by atoms with Gasteiger partial charge < -0.3 is 0 Å². The predicted molar refractivity (Wildman–Crippen MR) is 249 cm³/mol. The molecule has 0 amide bonds. The predicted octanol–water partition coefficient (Wildman–Crippen LogP) is 13.7. The molecular formula is C56H56N4. The van der Waals surface area contributed by atoms with Crippen molar-refractivity contribution in [2.45, 2.75) is 82.5 Å². The maximum Gasteiger partial charge on any atom is 0.163 e. The zero-order chi connectivity index (χ0) is 40.1. The molecular weight excluding hydrogens is 729 g/mol. The first kappa shape index (κ1) is 38.5. The van der Waals surface area contributed by atoms with Crippen molar-refractivity contribution in [2.24, 2.45) is 34.6 Å². The topological polar surface area (TPSA) is 51.0 Å². The quantitative estimate of drug-likeness (QED) is 0.238. The Hall–Kier alpha value is -5.74. The van der Waals surface area contributed by atoms with E-state index in [1.807, 2.05) is 0 Å². The first-order chi connectivity index (χ1) is 29.7. The van der Waals surface area contributed by atoms with E-state index in [4.69, 9.17) is 19.9 Å². The van der Waals surface area contributed by atoms with Gasteiger partial charge in [-0.1, -0.05) is 170 Å². The van der Waals surface area contributed by atoms with E-state index >= 15 is 0 Å². The second-order valence-electron chi connectivity index (χ2n) is 17.6. The Kier molecular flexibility index (Phi) is 11.4. The van der Waals surface area contributed by atoms with Gasteiger partial charge in [-0.2, -0.15) is 0 Å². The lowest BCUT2D eigenvalue weighted by molar-refractivity contribution is 0.438. The first-order valence-electron chi connectivity index (χ1n) is 22.7. The molecule has 10 rings (SSSR count). The summed E-state index contributed by atoms with van der Waals surface area (Å²) in [6, 6.07) is 8.91. The largest absolute Gasteiger partial charge is 0.257 e. The Morgan fingerprint density at radius 3 is 2.15 bits per heavy atom. The lowest BCUT2D eigenvalue weighted by atomic mass is 9.70. The van der Waals surface area contributed by atoms with Crippen molar-refractivity contribution in [1.29, 1.82) is 0 Å². The van der Waals surface area contributed by atoms with Crippen molar-refractivity contribution in [2.75, 3.05) is 0 Å². The number of hydrogen-bond donors (Lipinski definition) is 0. The van der Waals surface area contributed by atoms with E-state index in [1.165, 1.54) is 39.3 Å². The Labute approximate surface area is 356 Å². The van der Waals surface area contributed by atoms with Crippen LogP contribution in [0.1, 0.15) is 99.7 Å². The van der Waals surface area contributed by atoms with Crippen LogP contribution in [0.4, 0.5) is 0 Å². The number of rotatable bonds is 9. The maximum atomic E-state index is 5.48. The normalized spacial score (nSPS) is 29.4. The van der Waals surface area contributed by atoms with Gasteiger partial charge in [0.1, 0.15) is 11.6 Å². The number of nitrogens with zero attached hydrogens (tertiary/aromatic N) is 4. The Morgan fingerprint density at radius 1 is 0.533 bits per heavy atom. The molecule has 0 spiro atoms. The summed E-state index contributed by atoms with van der Waals surface area (Å²) in [6.45, 7) is 0. The minimum atomic E-state index is 0.124. The number of aromatic nitrogens is 3. The zero-order valence-corrected chi connectivity index (χ0v) is 34.7. The number of benzene rings is 1. The molecule has 1 aromatic heterocycles. The third-order valence-electron chi connectivity index (χ3n) is 13.7. The highest BCUT2D eigenvalue weighted by molar-refractivity contribution is 5.93. The average Bonchev–Trinajstić information content (AvgIpc) is 3.35. The fraction of sp³-hybridized carbons (Fsp3) is 0.321. The van der Waals surface area contributed by atoms with Crippen molar-refractivity contribution in [1.82, 2.24) is 15.0 Å².